The maximum absolute atomic E-state index is 14.2. The highest BCUT2D eigenvalue weighted by molar-refractivity contribution is 6.30. The summed E-state index contributed by atoms with van der Waals surface area (Å²) in [6, 6.07) is 16.1. The highest BCUT2D eigenvalue weighted by Gasteiger charge is 2.38. The molecule has 0 aliphatic carbocycles. The van der Waals surface area contributed by atoms with Crippen LogP contribution in [0.2, 0.25) is 5.02 Å². The van der Waals surface area contributed by atoms with Crippen LogP contribution in [0.15, 0.2) is 48.5 Å². The van der Waals surface area contributed by atoms with Crippen molar-refractivity contribution < 1.29 is 9.59 Å². The van der Waals surface area contributed by atoms with Crippen molar-refractivity contribution in [1.82, 2.24) is 25.3 Å². The van der Waals surface area contributed by atoms with E-state index >= 15 is 0 Å². The summed E-state index contributed by atoms with van der Waals surface area (Å²) in [7, 11) is 0. The Morgan fingerprint density at radius 2 is 1.67 bits per heavy atom. The van der Waals surface area contributed by atoms with Crippen LogP contribution in [-0.4, -0.2) is 89.9 Å². The first-order chi connectivity index (χ1) is 20.7. The molecule has 3 aliphatic rings. The monoisotopic (exact) mass is 607 g/mol. The van der Waals surface area contributed by atoms with Gasteiger partial charge in [0.2, 0.25) is 11.8 Å². The third-order valence-corrected chi connectivity index (χ3v) is 9.81. The van der Waals surface area contributed by atoms with E-state index in [0.717, 1.165) is 56.7 Å². The molecular formula is C35H50ClN5O2. The van der Waals surface area contributed by atoms with E-state index in [-0.39, 0.29) is 11.8 Å². The molecular weight excluding hydrogens is 558 g/mol. The molecule has 2 N–H and O–H groups in total. The lowest BCUT2D eigenvalue weighted by Gasteiger charge is -2.43. The van der Waals surface area contributed by atoms with Gasteiger partial charge in [-0.05, 0) is 87.4 Å². The van der Waals surface area contributed by atoms with Crippen LogP contribution in [0, 0.1) is 5.92 Å². The summed E-state index contributed by atoms with van der Waals surface area (Å²) >= 11 is 6.16. The smallest absolute Gasteiger partial charge is 0.245 e. The number of carbonyl (C=O) groups excluding carboxylic acids is 2. The van der Waals surface area contributed by atoms with Crippen LogP contribution in [0.5, 0.6) is 0 Å². The summed E-state index contributed by atoms with van der Waals surface area (Å²) in [5, 5.41) is 7.22. The van der Waals surface area contributed by atoms with Crippen LogP contribution in [0.4, 0.5) is 0 Å². The van der Waals surface area contributed by atoms with Gasteiger partial charge < -0.3 is 20.4 Å². The van der Waals surface area contributed by atoms with Gasteiger partial charge in [-0.25, -0.2) is 0 Å². The molecule has 0 aromatic heterocycles. The minimum absolute atomic E-state index is 0.00835. The van der Waals surface area contributed by atoms with Crippen molar-refractivity contribution in [2.24, 2.45) is 5.92 Å². The fourth-order valence-electron chi connectivity index (χ4n) is 7.23. The molecule has 234 valence electrons. The number of carbonyl (C=O) groups is 2. The second-order valence-electron chi connectivity index (χ2n) is 13.4. The zero-order valence-electron chi connectivity index (χ0n) is 26.4. The van der Waals surface area contributed by atoms with E-state index in [4.69, 9.17) is 11.6 Å². The van der Waals surface area contributed by atoms with Gasteiger partial charge in [-0.15, -0.1) is 0 Å². The average Bonchev–Trinajstić information content (AvgIpc) is 3.50. The van der Waals surface area contributed by atoms with Crippen LogP contribution in [0.1, 0.15) is 69.7 Å². The van der Waals surface area contributed by atoms with Gasteiger partial charge >= 0.3 is 0 Å². The molecule has 5 rings (SSSR count). The Morgan fingerprint density at radius 3 is 2.37 bits per heavy atom. The molecule has 0 unspecified atom stereocenters. The SMILES string of the molecule is CC(C)CN(C1CCN(C(C)C)CC1)[C@H]1CCN(C(=O)[C@@H](Cc2ccc(Cl)cc2)NC(=O)[C@@H]2NCCc3ccccc32)C1. The Morgan fingerprint density at radius 1 is 0.977 bits per heavy atom. The molecule has 2 aromatic rings. The van der Waals surface area contributed by atoms with Gasteiger partial charge in [-0.2, -0.15) is 0 Å². The molecule has 0 radical (unpaired) electrons. The van der Waals surface area contributed by atoms with Gasteiger partial charge in [0.15, 0.2) is 0 Å². The summed E-state index contributed by atoms with van der Waals surface area (Å²) in [5.41, 5.74) is 3.17. The molecule has 2 aromatic carbocycles. The standard InChI is InChI=1S/C35H50ClN5O2/c1-24(2)22-41(29-14-18-39(19-15-29)25(3)4)30-16-20-40(23-30)35(43)32(21-26-9-11-28(36)12-10-26)38-34(42)33-31-8-6-5-7-27(31)13-17-37-33/h5-12,24-25,29-30,32-33,37H,13-23H2,1-4H3,(H,38,42)/t30-,32+,33+/m0/s1. The summed E-state index contributed by atoms with van der Waals surface area (Å²) in [5.74, 6) is 0.429. The lowest BCUT2D eigenvalue weighted by molar-refractivity contribution is -0.136. The van der Waals surface area contributed by atoms with E-state index in [1.807, 2.05) is 47.4 Å². The third-order valence-electron chi connectivity index (χ3n) is 9.56. The normalized spacial score (nSPS) is 22.3. The van der Waals surface area contributed by atoms with Gasteiger partial charge in [0.05, 0.1) is 0 Å². The predicted octanol–water partition coefficient (Wildman–Crippen LogP) is 4.69. The predicted molar refractivity (Wildman–Crippen MR) is 174 cm³/mol. The fourth-order valence-corrected chi connectivity index (χ4v) is 7.36. The van der Waals surface area contributed by atoms with Gasteiger partial charge in [-0.3, -0.25) is 14.5 Å². The first-order valence-corrected chi connectivity index (χ1v) is 16.7. The molecule has 3 atom stereocenters. The van der Waals surface area contributed by atoms with Crippen molar-refractivity contribution in [2.45, 2.75) is 90.0 Å². The van der Waals surface area contributed by atoms with Crippen molar-refractivity contribution in [1.29, 1.82) is 0 Å². The highest BCUT2D eigenvalue weighted by atomic mass is 35.5. The molecule has 43 heavy (non-hydrogen) atoms. The van der Waals surface area contributed by atoms with Crippen molar-refractivity contribution >= 4 is 23.4 Å². The Hall–Kier alpha value is -2.45. The Labute approximate surface area is 263 Å². The zero-order chi connectivity index (χ0) is 30.5. The number of nitrogens with zero attached hydrogens (tertiary/aromatic N) is 3. The molecule has 2 amide bonds. The van der Waals surface area contributed by atoms with E-state index in [9.17, 15) is 9.59 Å². The summed E-state index contributed by atoms with van der Waals surface area (Å²) in [6.07, 6.45) is 4.66. The minimum atomic E-state index is -0.642. The topological polar surface area (TPSA) is 67.9 Å². The summed E-state index contributed by atoms with van der Waals surface area (Å²) in [6.45, 7) is 14.7. The fraction of sp³-hybridized carbons (Fsp3) is 0.600. The number of fused-ring (bicyclic) bond motifs is 1. The summed E-state index contributed by atoms with van der Waals surface area (Å²) < 4.78 is 0. The number of halogens is 1. The minimum Gasteiger partial charge on any atom is -0.342 e. The maximum Gasteiger partial charge on any atom is 0.245 e. The lowest BCUT2D eigenvalue weighted by Crippen LogP contribution is -2.54. The Balaban J connectivity index is 1.30. The van der Waals surface area contributed by atoms with Crippen molar-refractivity contribution in [2.75, 3.05) is 39.3 Å². The van der Waals surface area contributed by atoms with E-state index in [1.165, 1.54) is 18.4 Å². The van der Waals surface area contributed by atoms with Crippen LogP contribution in [0.25, 0.3) is 0 Å². The van der Waals surface area contributed by atoms with Crippen LogP contribution in [-0.2, 0) is 22.4 Å². The van der Waals surface area contributed by atoms with Gasteiger partial charge in [0.25, 0.3) is 0 Å². The Bertz CT molecular complexity index is 1230. The number of piperidine rings is 1. The first kappa shape index (κ1) is 32.0. The van der Waals surface area contributed by atoms with E-state index in [2.05, 4.69) is 54.2 Å². The van der Waals surface area contributed by atoms with Crippen molar-refractivity contribution in [3.8, 4) is 0 Å². The molecule has 0 saturated carbocycles. The molecule has 3 heterocycles. The number of benzene rings is 2. The van der Waals surface area contributed by atoms with Crippen molar-refractivity contribution in [3.63, 3.8) is 0 Å². The molecule has 2 fully saturated rings. The van der Waals surface area contributed by atoms with Crippen LogP contribution in [0.3, 0.4) is 0 Å². The second kappa shape index (κ2) is 14.6. The largest absolute Gasteiger partial charge is 0.342 e. The van der Waals surface area contributed by atoms with Gasteiger partial charge in [-0.1, -0.05) is 61.8 Å². The van der Waals surface area contributed by atoms with E-state index in [0.29, 0.717) is 42.0 Å². The number of hydrogen-bond donors (Lipinski definition) is 2. The number of amides is 2. The second-order valence-corrected chi connectivity index (χ2v) is 13.8. The number of rotatable bonds is 10. The van der Waals surface area contributed by atoms with Crippen LogP contribution >= 0.6 is 11.6 Å². The third kappa shape index (κ3) is 7.99. The molecule has 2 saturated heterocycles. The van der Waals surface area contributed by atoms with Crippen molar-refractivity contribution in [3.05, 3.63) is 70.2 Å². The molecule has 8 heteroatoms. The van der Waals surface area contributed by atoms with Gasteiger partial charge in [0, 0.05) is 55.7 Å². The quantitative estimate of drug-likeness (QED) is 0.410. The first-order valence-electron chi connectivity index (χ1n) is 16.3. The van der Waals surface area contributed by atoms with E-state index < -0.39 is 12.1 Å². The Kier molecular flexibility index (Phi) is 10.8. The zero-order valence-corrected chi connectivity index (χ0v) is 27.2. The molecule has 3 aliphatic heterocycles. The number of hydrogen-bond acceptors (Lipinski definition) is 5. The molecule has 0 bridgehead atoms. The molecule has 7 nitrogen and oxygen atoms in total. The maximum atomic E-state index is 14.2. The average molecular weight is 608 g/mol. The lowest BCUT2D eigenvalue weighted by atomic mass is 9.93. The van der Waals surface area contributed by atoms with Crippen LogP contribution < -0.4 is 10.6 Å². The number of likely N-dealkylation sites (tertiary alicyclic amines) is 2. The molecule has 0 spiro atoms. The highest BCUT2D eigenvalue weighted by Crippen LogP contribution is 2.27. The number of nitrogens with one attached hydrogen (secondary N) is 2. The van der Waals surface area contributed by atoms with Gasteiger partial charge in [0.1, 0.15) is 12.1 Å². The summed E-state index contributed by atoms with van der Waals surface area (Å²) in [4.78, 5) is 35.2. The van der Waals surface area contributed by atoms with E-state index in [1.54, 1.807) is 0 Å².